The lowest BCUT2D eigenvalue weighted by Crippen LogP contribution is -2.44. The van der Waals surface area contributed by atoms with Crippen LogP contribution in [-0.2, 0) is 30.9 Å². The van der Waals surface area contributed by atoms with Crippen LogP contribution in [0.3, 0.4) is 0 Å². The first-order chi connectivity index (χ1) is 31.6. The van der Waals surface area contributed by atoms with Gasteiger partial charge in [-0.05, 0) is 110 Å². The fourth-order valence-electron chi connectivity index (χ4n) is 8.77. The van der Waals surface area contributed by atoms with Gasteiger partial charge in [0.25, 0.3) is 0 Å². The summed E-state index contributed by atoms with van der Waals surface area (Å²) in [5.41, 5.74) is 7.16. The number of hydrogen-bond acceptors (Lipinski definition) is 12. The summed E-state index contributed by atoms with van der Waals surface area (Å²) < 4.78 is 32.9. The van der Waals surface area contributed by atoms with Crippen molar-refractivity contribution >= 4 is 39.1 Å². The van der Waals surface area contributed by atoms with Gasteiger partial charge >= 0.3 is 5.97 Å². The Labute approximate surface area is 386 Å². The second-order valence-corrected chi connectivity index (χ2v) is 17.8. The van der Waals surface area contributed by atoms with Gasteiger partial charge in [-0.3, -0.25) is 4.90 Å². The molecular formula is C50H49ClFN7O5S. The van der Waals surface area contributed by atoms with Crippen molar-refractivity contribution in [2.75, 3.05) is 40.3 Å². The zero-order chi connectivity index (χ0) is 45.0. The van der Waals surface area contributed by atoms with Crippen LogP contribution >= 0.6 is 22.9 Å². The van der Waals surface area contributed by atoms with E-state index in [0.717, 1.165) is 82.8 Å². The molecule has 0 amide bonds. The summed E-state index contributed by atoms with van der Waals surface area (Å²) in [5, 5.41) is 15.5. The van der Waals surface area contributed by atoms with Gasteiger partial charge in [0.05, 0.1) is 23.8 Å². The molecule has 4 aromatic carbocycles. The lowest BCUT2D eigenvalue weighted by atomic mass is 9.94. The summed E-state index contributed by atoms with van der Waals surface area (Å²) in [6, 6.07) is 26.2. The van der Waals surface area contributed by atoms with E-state index < -0.39 is 12.1 Å². The minimum atomic E-state index is -1.37. The summed E-state index contributed by atoms with van der Waals surface area (Å²) in [6.07, 6.45) is 3.84. The Morgan fingerprint density at radius 1 is 0.938 bits per heavy atom. The molecule has 3 aliphatic heterocycles. The van der Waals surface area contributed by atoms with Gasteiger partial charge in [-0.1, -0.05) is 60.1 Å². The predicted molar refractivity (Wildman–Crippen MR) is 251 cm³/mol. The Balaban J connectivity index is 1.13. The maximum Gasteiger partial charge on any atom is 0.345 e. The average Bonchev–Trinajstić information content (AvgIpc) is 3.72. The van der Waals surface area contributed by atoms with Crippen LogP contribution < -0.4 is 19.5 Å². The third kappa shape index (κ3) is 9.68. The molecule has 10 rings (SSSR count). The molecule has 7 aromatic rings. The standard InChI is InChI=1S/C50H49ClFN7O5S/c1-30-38-14-11-33(45(30)51)27-59(23-22-58-20-17-36(53-2)18-21-58)26-31-8-15-40(63-28-37-16-19-54-47(57-37)39-6-4-5-7-41(39)62-3)34(24-31)25-42(50(60)61)64-48-44-43(38)46(65-49(44)56-29-55-48)32-9-12-35(52)13-10-32/h4-16,19,24,29,36,42,53H,17-18,20-23,25-28H2,1-3H3,(H,60,61)/t42-/m1/s1. The van der Waals surface area contributed by atoms with Crippen molar-refractivity contribution < 1.29 is 28.5 Å². The second-order valence-electron chi connectivity index (χ2n) is 16.5. The van der Waals surface area contributed by atoms with Crippen molar-refractivity contribution in [3.63, 3.8) is 0 Å². The monoisotopic (exact) mass is 913 g/mol. The number of carbonyl (C=O) groups is 1. The number of carboxylic acids is 1. The Hall–Kier alpha value is -6.03. The molecule has 0 saturated carbocycles. The van der Waals surface area contributed by atoms with Gasteiger partial charge in [0.15, 0.2) is 5.82 Å². The van der Waals surface area contributed by atoms with Gasteiger partial charge in [0, 0.05) is 60.3 Å². The van der Waals surface area contributed by atoms with Crippen molar-refractivity contribution in [1.82, 2.24) is 35.1 Å². The van der Waals surface area contributed by atoms with Crippen LogP contribution in [0.25, 0.3) is 43.2 Å². The van der Waals surface area contributed by atoms with Crippen molar-refractivity contribution in [1.29, 1.82) is 0 Å². The normalized spacial score (nSPS) is 16.1. The van der Waals surface area contributed by atoms with Crippen LogP contribution in [0, 0.1) is 12.7 Å². The van der Waals surface area contributed by atoms with Crippen LogP contribution in [0.5, 0.6) is 17.4 Å². The topological polar surface area (TPSA) is 135 Å². The number of fused-ring (bicyclic) bond motifs is 6. The highest BCUT2D eigenvalue weighted by molar-refractivity contribution is 7.22. The van der Waals surface area contributed by atoms with Gasteiger partial charge < -0.3 is 29.5 Å². The minimum Gasteiger partial charge on any atom is -0.496 e. The first kappa shape index (κ1) is 44.2. The summed E-state index contributed by atoms with van der Waals surface area (Å²) in [6.45, 7) is 6.93. The van der Waals surface area contributed by atoms with E-state index in [1.54, 1.807) is 31.5 Å². The summed E-state index contributed by atoms with van der Waals surface area (Å²) in [4.78, 5) is 38.1. The van der Waals surface area contributed by atoms with Crippen LogP contribution in [0.1, 0.15) is 40.8 Å². The number of para-hydroxylation sites is 1. The van der Waals surface area contributed by atoms with Gasteiger partial charge in [0.2, 0.25) is 12.0 Å². The third-order valence-electron chi connectivity index (χ3n) is 12.3. The Bertz CT molecular complexity index is 2840. The molecule has 0 aliphatic carbocycles. The Morgan fingerprint density at radius 2 is 1.74 bits per heavy atom. The highest BCUT2D eigenvalue weighted by Crippen LogP contribution is 2.49. The lowest BCUT2D eigenvalue weighted by Gasteiger charge is -2.33. The molecule has 1 fully saturated rings. The number of nitrogens with one attached hydrogen (secondary N) is 1. The van der Waals surface area contributed by atoms with E-state index in [4.69, 9.17) is 30.8 Å². The van der Waals surface area contributed by atoms with E-state index in [1.807, 2.05) is 56.4 Å². The number of aliphatic carboxylic acids is 1. The average molecular weight is 915 g/mol. The number of carboxylic acid groups (broad SMARTS) is 1. The predicted octanol–water partition coefficient (Wildman–Crippen LogP) is 9.24. The highest BCUT2D eigenvalue weighted by Gasteiger charge is 2.29. The van der Waals surface area contributed by atoms with Crippen LogP contribution in [0.4, 0.5) is 4.39 Å². The Kier molecular flexibility index (Phi) is 13.3. The molecule has 0 radical (unpaired) electrons. The number of rotatable bonds is 11. The SMILES string of the molecule is CNC1CCN(CCN2Cc3ccc(OCc4ccnc(-c5ccccc5OC)n4)c(c3)C[C@H](C(=O)O)Oc3ncnc4sc(-c5ccc(F)cc5)c(c34)-c3ccc(c(Cl)c3C)C2)CC1. The molecule has 65 heavy (non-hydrogen) atoms. The highest BCUT2D eigenvalue weighted by atomic mass is 35.5. The fourth-order valence-corrected chi connectivity index (χ4v) is 10.1. The largest absolute Gasteiger partial charge is 0.496 e. The number of methoxy groups -OCH3 is 1. The lowest BCUT2D eigenvalue weighted by molar-refractivity contribution is -0.145. The number of aromatic nitrogens is 4. The molecule has 12 nitrogen and oxygen atoms in total. The first-order valence-corrected chi connectivity index (χ1v) is 22.9. The number of nitrogens with zero attached hydrogens (tertiary/aromatic N) is 6. The number of ether oxygens (including phenoxy) is 3. The molecule has 334 valence electrons. The first-order valence-electron chi connectivity index (χ1n) is 21.7. The molecule has 0 unspecified atom stereocenters. The van der Waals surface area contributed by atoms with Gasteiger partial charge in [0.1, 0.15) is 35.1 Å². The van der Waals surface area contributed by atoms with E-state index in [9.17, 15) is 14.3 Å². The van der Waals surface area contributed by atoms with E-state index in [2.05, 4.69) is 42.2 Å². The molecule has 6 heterocycles. The second kappa shape index (κ2) is 19.6. The van der Waals surface area contributed by atoms with Gasteiger partial charge in [-0.2, -0.15) is 0 Å². The van der Waals surface area contributed by atoms with Crippen LogP contribution in [0.2, 0.25) is 5.02 Å². The summed E-state index contributed by atoms with van der Waals surface area (Å²) in [7, 11) is 3.64. The molecule has 3 aliphatic rings. The van der Waals surface area contributed by atoms with Crippen molar-refractivity contribution in [3.05, 3.63) is 136 Å². The number of halogens is 2. The van der Waals surface area contributed by atoms with Crippen molar-refractivity contribution in [2.45, 2.75) is 58.0 Å². The van der Waals surface area contributed by atoms with Crippen molar-refractivity contribution in [2.24, 2.45) is 0 Å². The van der Waals surface area contributed by atoms with Crippen LogP contribution in [-0.4, -0.2) is 93.3 Å². The van der Waals surface area contributed by atoms with Crippen molar-refractivity contribution in [3.8, 4) is 50.3 Å². The molecule has 0 spiro atoms. The zero-order valence-electron chi connectivity index (χ0n) is 36.4. The fraction of sp³-hybridized carbons (Fsp3) is 0.300. The summed E-state index contributed by atoms with van der Waals surface area (Å²) >= 11 is 8.79. The quantitative estimate of drug-likeness (QED) is 0.128. The maximum atomic E-state index is 14.3. The molecule has 3 aromatic heterocycles. The van der Waals surface area contributed by atoms with E-state index in [-0.39, 0.29) is 24.7 Å². The molecule has 1 saturated heterocycles. The van der Waals surface area contributed by atoms with Gasteiger partial charge in [-0.25, -0.2) is 29.1 Å². The maximum absolute atomic E-state index is 14.3. The number of thiophene rings is 1. The van der Waals surface area contributed by atoms with E-state index in [0.29, 0.717) is 63.0 Å². The molecule has 4 bridgehead atoms. The number of benzene rings is 4. The number of likely N-dealkylation sites (tertiary alicyclic amines) is 1. The van der Waals surface area contributed by atoms with E-state index >= 15 is 0 Å². The molecular weight excluding hydrogens is 865 g/mol. The number of hydrogen-bond donors (Lipinski definition) is 2. The zero-order valence-corrected chi connectivity index (χ0v) is 38.0. The summed E-state index contributed by atoms with van der Waals surface area (Å²) in [5.74, 6) is 0.227. The van der Waals surface area contributed by atoms with Gasteiger partial charge in [-0.15, -0.1) is 11.3 Å². The molecule has 2 N–H and O–H groups in total. The third-order valence-corrected chi connectivity index (χ3v) is 14.0. The molecule has 15 heteroatoms. The van der Waals surface area contributed by atoms with E-state index in [1.165, 1.54) is 29.8 Å². The molecule has 1 atom stereocenters. The smallest absolute Gasteiger partial charge is 0.345 e. The minimum absolute atomic E-state index is 0.0381. The Morgan fingerprint density at radius 3 is 2.52 bits per heavy atom. The number of piperidine rings is 1. The van der Waals surface area contributed by atoms with Crippen LogP contribution in [0.15, 0.2) is 97.5 Å².